The molecular formula is C21H26N4O4. The zero-order valence-corrected chi connectivity index (χ0v) is 17.0. The number of ether oxygens (including phenoxy) is 2. The van der Waals surface area contributed by atoms with Crippen LogP contribution in [-0.2, 0) is 9.59 Å². The molecule has 0 aliphatic heterocycles. The summed E-state index contributed by atoms with van der Waals surface area (Å²) in [6, 6.07) is 9.15. The first kappa shape index (κ1) is 21.7. The number of amides is 2. The summed E-state index contributed by atoms with van der Waals surface area (Å²) in [6.45, 7) is 5.90. The van der Waals surface area contributed by atoms with E-state index in [0.717, 1.165) is 16.8 Å². The van der Waals surface area contributed by atoms with Crippen molar-refractivity contribution in [2.45, 2.75) is 20.8 Å². The Morgan fingerprint density at radius 3 is 2.41 bits per heavy atom. The second-order valence-corrected chi connectivity index (χ2v) is 6.59. The zero-order chi connectivity index (χ0) is 21.4. The summed E-state index contributed by atoms with van der Waals surface area (Å²) in [5.74, 6) is -0.0342. The van der Waals surface area contributed by atoms with Crippen LogP contribution < -0.4 is 25.9 Å². The third kappa shape index (κ3) is 6.53. The molecule has 8 nitrogen and oxygen atoms in total. The smallest absolute Gasteiger partial charge is 0.259 e. The van der Waals surface area contributed by atoms with E-state index in [4.69, 9.17) is 15.2 Å². The number of nitrogens with one attached hydrogen (secondary N) is 2. The molecule has 0 radical (unpaired) electrons. The number of carbonyl (C=O) groups excluding carboxylic acids is 2. The first-order chi connectivity index (χ1) is 13.8. The van der Waals surface area contributed by atoms with E-state index in [1.165, 1.54) is 18.9 Å². The summed E-state index contributed by atoms with van der Waals surface area (Å²) >= 11 is 0. The molecule has 29 heavy (non-hydrogen) atoms. The van der Waals surface area contributed by atoms with Gasteiger partial charge in [-0.2, -0.15) is 5.10 Å². The molecule has 0 fully saturated rings. The number of carbonyl (C=O) groups is 2. The molecule has 0 aliphatic carbocycles. The van der Waals surface area contributed by atoms with Gasteiger partial charge in [-0.3, -0.25) is 9.59 Å². The highest BCUT2D eigenvalue weighted by atomic mass is 16.5. The zero-order valence-electron chi connectivity index (χ0n) is 17.0. The molecule has 8 heteroatoms. The molecule has 0 heterocycles. The number of methoxy groups -OCH3 is 1. The van der Waals surface area contributed by atoms with E-state index in [2.05, 4.69) is 28.0 Å². The quantitative estimate of drug-likeness (QED) is 0.442. The second kappa shape index (κ2) is 10.1. The molecule has 2 aromatic carbocycles. The third-order valence-electron chi connectivity index (χ3n) is 4.06. The Labute approximate surface area is 170 Å². The van der Waals surface area contributed by atoms with Crippen molar-refractivity contribution < 1.29 is 19.1 Å². The van der Waals surface area contributed by atoms with Crippen molar-refractivity contribution in [3.8, 4) is 11.5 Å². The van der Waals surface area contributed by atoms with Gasteiger partial charge in [-0.1, -0.05) is 17.7 Å². The summed E-state index contributed by atoms with van der Waals surface area (Å²) in [5.41, 5.74) is 12.5. The predicted molar refractivity (Wildman–Crippen MR) is 113 cm³/mol. The highest BCUT2D eigenvalue weighted by molar-refractivity contribution is 5.85. The van der Waals surface area contributed by atoms with Crippen LogP contribution in [0.15, 0.2) is 35.4 Å². The highest BCUT2D eigenvalue weighted by Crippen LogP contribution is 2.27. The third-order valence-corrected chi connectivity index (χ3v) is 4.06. The number of hydrogen-bond donors (Lipinski definition) is 3. The average Bonchev–Trinajstić information content (AvgIpc) is 2.65. The van der Waals surface area contributed by atoms with E-state index in [9.17, 15) is 9.59 Å². The lowest BCUT2D eigenvalue weighted by molar-refractivity contribution is -0.120. The fraction of sp³-hybridized carbons (Fsp3) is 0.286. The van der Waals surface area contributed by atoms with Gasteiger partial charge in [0.05, 0.1) is 19.9 Å². The van der Waals surface area contributed by atoms with Crippen molar-refractivity contribution in [2.75, 3.05) is 25.6 Å². The standard InChI is InChI=1S/C21H26N4O4/c1-13-7-14(2)21(15(3)8-13)23-11-20(27)25-24-10-16-5-6-17(18(9-16)28-4)29-12-19(22)26/h5-10,23H,11-12H2,1-4H3,(H2,22,26)(H,25,27)/b24-10-. The SMILES string of the molecule is COc1cc(/C=N\NC(=O)CNc2c(C)cc(C)cc2C)ccc1OCC(N)=O. The summed E-state index contributed by atoms with van der Waals surface area (Å²) in [6.07, 6.45) is 1.49. The van der Waals surface area contributed by atoms with E-state index in [1.54, 1.807) is 18.2 Å². The molecule has 0 bridgehead atoms. The largest absolute Gasteiger partial charge is 0.493 e. The minimum atomic E-state index is -0.579. The number of hydrogen-bond acceptors (Lipinski definition) is 6. The van der Waals surface area contributed by atoms with E-state index in [1.807, 2.05) is 20.8 Å². The van der Waals surface area contributed by atoms with Gasteiger partial charge in [0, 0.05) is 5.69 Å². The van der Waals surface area contributed by atoms with Crippen LogP contribution in [0.1, 0.15) is 22.3 Å². The summed E-state index contributed by atoms with van der Waals surface area (Å²) in [4.78, 5) is 22.9. The van der Waals surface area contributed by atoms with Gasteiger partial charge >= 0.3 is 0 Å². The Bertz CT molecular complexity index is 902. The number of nitrogens with zero attached hydrogens (tertiary/aromatic N) is 1. The molecule has 154 valence electrons. The molecule has 0 saturated heterocycles. The van der Waals surface area contributed by atoms with Crippen LogP contribution in [0.4, 0.5) is 5.69 Å². The minimum absolute atomic E-state index is 0.102. The molecule has 0 saturated carbocycles. The number of aryl methyl sites for hydroxylation is 3. The van der Waals surface area contributed by atoms with Crippen molar-refractivity contribution in [1.29, 1.82) is 0 Å². The predicted octanol–water partition coefficient (Wildman–Crippen LogP) is 2.05. The normalized spacial score (nSPS) is 10.6. The number of anilines is 1. The summed E-state index contributed by atoms with van der Waals surface area (Å²) in [5, 5.41) is 7.10. The first-order valence-corrected chi connectivity index (χ1v) is 9.03. The maximum Gasteiger partial charge on any atom is 0.259 e. The van der Waals surface area contributed by atoms with Crippen LogP contribution >= 0.6 is 0 Å². The molecular weight excluding hydrogens is 372 g/mol. The molecule has 0 unspecified atom stereocenters. The number of primary amides is 1. The minimum Gasteiger partial charge on any atom is -0.493 e. The van der Waals surface area contributed by atoms with Gasteiger partial charge < -0.3 is 20.5 Å². The molecule has 0 aliphatic rings. The van der Waals surface area contributed by atoms with Gasteiger partial charge in [-0.15, -0.1) is 0 Å². The van der Waals surface area contributed by atoms with Crippen LogP contribution in [0.25, 0.3) is 0 Å². The van der Waals surface area contributed by atoms with Crippen molar-refractivity contribution >= 4 is 23.7 Å². The first-order valence-electron chi connectivity index (χ1n) is 9.03. The van der Waals surface area contributed by atoms with Crippen LogP contribution in [0.2, 0.25) is 0 Å². The van der Waals surface area contributed by atoms with Crippen molar-refractivity contribution in [2.24, 2.45) is 10.8 Å². The van der Waals surface area contributed by atoms with Crippen LogP contribution in [0.3, 0.4) is 0 Å². The van der Waals surface area contributed by atoms with Crippen molar-refractivity contribution in [3.05, 3.63) is 52.6 Å². The molecule has 0 aromatic heterocycles. The van der Waals surface area contributed by atoms with E-state index in [-0.39, 0.29) is 19.1 Å². The molecule has 0 atom stereocenters. The fourth-order valence-electron chi connectivity index (χ4n) is 2.88. The van der Waals surface area contributed by atoms with Crippen molar-refractivity contribution in [1.82, 2.24) is 5.43 Å². The van der Waals surface area contributed by atoms with Gasteiger partial charge in [0.1, 0.15) is 0 Å². The molecule has 2 aromatic rings. The molecule has 2 rings (SSSR count). The molecule has 2 amide bonds. The number of nitrogens with two attached hydrogens (primary N) is 1. The summed E-state index contributed by atoms with van der Waals surface area (Å²) in [7, 11) is 1.48. The van der Waals surface area contributed by atoms with Gasteiger partial charge in [-0.05, 0) is 55.7 Å². The molecule has 4 N–H and O–H groups in total. The molecule has 0 spiro atoms. The Hall–Kier alpha value is -3.55. The maximum absolute atomic E-state index is 12.0. The van der Waals surface area contributed by atoms with Gasteiger partial charge in [0.25, 0.3) is 11.8 Å². The van der Waals surface area contributed by atoms with Crippen LogP contribution in [-0.4, -0.2) is 38.3 Å². The van der Waals surface area contributed by atoms with Crippen LogP contribution in [0, 0.1) is 20.8 Å². The Balaban J connectivity index is 1.92. The van der Waals surface area contributed by atoms with Gasteiger partial charge in [0.2, 0.25) is 0 Å². The van der Waals surface area contributed by atoms with E-state index < -0.39 is 5.91 Å². The Kier molecular flexibility index (Phi) is 7.59. The number of rotatable bonds is 9. The fourth-order valence-corrected chi connectivity index (χ4v) is 2.88. The number of benzene rings is 2. The highest BCUT2D eigenvalue weighted by Gasteiger charge is 2.08. The second-order valence-electron chi connectivity index (χ2n) is 6.59. The Morgan fingerprint density at radius 1 is 1.10 bits per heavy atom. The van der Waals surface area contributed by atoms with Gasteiger partial charge in [-0.25, -0.2) is 5.43 Å². The van der Waals surface area contributed by atoms with E-state index >= 15 is 0 Å². The monoisotopic (exact) mass is 398 g/mol. The topological polar surface area (TPSA) is 115 Å². The average molecular weight is 398 g/mol. The van der Waals surface area contributed by atoms with Gasteiger partial charge in [0.15, 0.2) is 18.1 Å². The van der Waals surface area contributed by atoms with Crippen LogP contribution in [0.5, 0.6) is 11.5 Å². The lowest BCUT2D eigenvalue weighted by Gasteiger charge is -2.13. The van der Waals surface area contributed by atoms with Crippen molar-refractivity contribution in [3.63, 3.8) is 0 Å². The summed E-state index contributed by atoms with van der Waals surface area (Å²) < 4.78 is 10.5. The lowest BCUT2D eigenvalue weighted by Crippen LogP contribution is -2.26. The Morgan fingerprint density at radius 2 is 1.79 bits per heavy atom. The number of hydrazone groups is 1. The van der Waals surface area contributed by atoms with E-state index in [0.29, 0.717) is 17.1 Å². The lowest BCUT2D eigenvalue weighted by atomic mass is 10.1. The maximum atomic E-state index is 12.0.